The van der Waals surface area contributed by atoms with E-state index in [2.05, 4.69) is 5.32 Å². The number of nitrogens with one attached hydrogen (secondary N) is 1. The molecule has 22 heavy (non-hydrogen) atoms. The minimum Gasteiger partial charge on any atom is -0.339 e. The first-order valence-corrected chi connectivity index (χ1v) is 8.09. The molecular weight excluding hydrogens is 325 g/mol. The van der Waals surface area contributed by atoms with Gasteiger partial charge in [0.1, 0.15) is 5.92 Å². The average molecular weight is 342 g/mol. The van der Waals surface area contributed by atoms with E-state index in [1.807, 2.05) is 0 Å². The van der Waals surface area contributed by atoms with Crippen molar-refractivity contribution >= 4 is 40.7 Å². The third kappa shape index (κ3) is 2.93. The highest BCUT2D eigenvalue weighted by Crippen LogP contribution is 2.31. The molecule has 2 fully saturated rings. The van der Waals surface area contributed by atoms with Crippen molar-refractivity contribution in [2.75, 3.05) is 37.6 Å². The number of anilines is 1. The fourth-order valence-electron chi connectivity index (χ4n) is 2.92. The predicted molar refractivity (Wildman–Crippen MR) is 86.4 cm³/mol. The van der Waals surface area contributed by atoms with Gasteiger partial charge in [-0.1, -0.05) is 23.2 Å². The summed E-state index contributed by atoms with van der Waals surface area (Å²) in [6.07, 6.45) is 0.543. The first-order chi connectivity index (χ1) is 10.6. The van der Waals surface area contributed by atoms with Gasteiger partial charge in [0.25, 0.3) is 0 Å². The van der Waals surface area contributed by atoms with Gasteiger partial charge in [-0.15, -0.1) is 0 Å². The van der Waals surface area contributed by atoms with Crippen LogP contribution in [0.5, 0.6) is 0 Å². The number of rotatable bonds is 2. The summed E-state index contributed by atoms with van der Waals surface area (Å²) in [5.41, 5.74) is 0.690. The second-order valence-electron chi connectivity index (χ2n) is 5.50. The van der Waals surface area contributed by atoms with Crippen molar-refractivity contribution in [3.05, 3.63) is 28.2 Å². The Hall–Kier alpha value is -1.30. The van der Waals surface area contributed by atoms with E-state index in [-0.39, 0.29) is 11.8 Å². The molecule has 118 valence electrons. The van der Waals surface area contributed by atoms with Crippen LogP contribution in [0.4, 0.5) is 5.69 Å². The molecule has 1 aromatic rings. The molecule has 2 aliphatic rings. The second-order valence-corrected chi connectivity index (χ2v) is 6.32. The maximum absolute atomic E-state index is 12.6. The summed E-state index contributed by atoms with van der Waals surface area (Å²) in [6, 6.07) is 5.08. The molecule has 1 N–H and O–H groups in total. The molecule has 5 nitrogen and oxygen atoms in total. The third-order valence-electron chi connectivity index (χ3n) is 4.15. The predicted octanol–water partition coefficient (Wildman–Crippen LogP) is 1.78. The lowest BCUT2D eigenvalue weighted by Crippen LogP contribution is -2.49. The molecule has 1 aromatic carbocycles. The van der Waals surface area contributed by atoms with Crippen LogP contribution in [0.3, 0.4) is 0 Å². The molecule has 7 heteroatoms. The zero-order valence-electron chi connectivity index (χ0n) is 12.0. The topological polar surface area (TPSA) is 52.7 Å². The van der Waals surface area contributed by atoms with E-state index in [0.29, 0.717) is 41.8 Å². The summed E-state index contributed by atoms with van der Waals surface area (Å²) in [5, 5.41) is 4.06. The summed E-state index contributed by atoms with van der Waals surface area (Å²) in [5.74, 6) is -0.788. The number of hydrogen-bond acceptors (Lipinski definition) is 3. The summed E-state index contributed by atoms with van der Waals surface area (Å²) < 4.78 is 0. The van der Waals surface area contributed by atoms with E-state index in [1.54, 1.807) is 28.0 Å². The molecule has 0 spiro atoms. The van der Waals surface area contributed by atoms with Crippen molar-refractivity contribution in [3.8, 4) is 0 Å². The Morgan fingerprint density at radius 2 is 1.86 bits per heavy atom. The van der Waals surface area contributed by atoms with E-state index in [4.69, 9.17) is 23.2 Å². The molecule has 2 saturated heterocycles. The fourth-order valence-corrected chi connectivity index (χ4v) is 3.22. The molecule has 1 unspecified atom stereocenters. The van der Waals surface area contributed by atoms with Gasteiger partial charge in [-0.05, 0) is 24.6 Å². The molecule has 3 rings (SSSR count). The van der Waals surface area contributed by atoms with Gasteiger partial charge >= 0.3 is 0 Å². The van der Waals surface area contributed by atoms with Crippen LogP contribution in [-0.4, -0.2) is 49.4 Å². The lowest BCUT2D eigenvalue weighted by atomic mass is 10.1. The minimum absolute atomic E-state index is 0.0611. The Balaban J connectivity index is 1.73. The monoisotopic (exact) mass is 341 g/mol. The molecule has 0 bridgehead atoms. The van der Waals surface area contributed by atoms with Crippen LogP contribution >= 0.6 is 23.2 Å². The van der Waals surface area contributed by atoms with Crippen molar-refractivity contribution in [2.45, 2.75) is 6.42 Å². The summed E-state index contributed by atoms with van der Waals surface area (Å²) >= 11 is 11.9. The zero-order chi connectivity index (χ0) is 15.7. The molecule has 0 aromatic heterocycles. The van der Waals surface area contributed by atoms with Gasteiger partial charge in [-0.2, -0.15) is 0 Å². The second kappa shape index (κ2) is 6.44. The quantitative estimate of drug-likeness (QED) is 0.834. The highest BCUT2D eigenvalue weighted by molar-refractivity contribution is 6.42. The van der Waals surface area contributed by atoms with Gasteiger partial charge in [0.15, 0.2) is 0 Å². The fraction of sp³-hybridized carbons (Fsp3) is 0.467. The SMILES string of the molecule is O=C(C1CCN(c2ccc(Cl)c(Cl)c2)C1=O)N1CCNCC1. The number of benzene rings is 1. The molecular formula is C15H17Cl2N3O2. The van der Waals surface area contributed by atoms with Crippen LogP contribution in [0.25, 0.3) is 0 Å². The first kappa shape index (κ1) is 15.6. The molecule has 2 amide bonds. The molecule has 0 saturated carbocycles. The zero-order valence-corrected chi connectivity index (χ0v) is 13.5. The molecule has 2 aliphatic heterocycles. The van der Waals surface area contributed by atoms with Crippen molar-refractivity contribution in [1.82, 2.24) is 10.2 Å². The molecule has 0 aliphatic carbocycles. The van der Waals surface area contributed by atoms with Crippen LogP contribution < -0.4 is 10.2 Å². The lowest BCUT2D eigenvalue weighted by molar-refractivity contribution is -0.140. The van der Waals surface area contributed by atoms with Gasteiger partial charge < -0.3 is 15.1 Å². The lowest BCUT2D eigenvalue weighted by Gasteiger charge is -2.29. The number of amides is 2. The van der Waals surface area contributed by atoms with Crippen LogP contribution in [0.2, 0.25) is 10.0 Å². The van der Waals surface area contributed by atoms with E-state index >= 15 is 0 Å². The van der Waals surface area contributed by atoms with Crippen molar-refractivity contribution in [1.29, 1.82) is 0 Å². The van der Waals surface area contributed by atoms with Crippen molar-refractivity contribution in [3.63, 3.8) is 0 Å². The van der Waals surface area contributed by atoms with Gasteiger partial charge in [0.2, 0.25) is 11.8 Å². The van der Waals surface area contributed by atoms with E-state index in [9.17, 15) is 9.59 Å². The number of nitrogens with zero attached hydrogens (tertiary/aromatic N) is 2. The summed E-state index contributed by atoms with van der Waals surface area (Å²) in [6.45, 7) is 3.41. The molecule has 2 heterocycles. The Morgan fingerprint density at radius 3 is 2.55 bits per heavy atom. The third-order valence-corrected chi connectivity index (χ3v) is 4.89. The molecule has 0 radical (unpaired) electrons. The van der Waals surface area contributed by atoms with Gasteiger partial charge in [-0.3, -0.25) is 9.59 Å². The standard InChI is InChI=1S/C15H17Cl2N3O2/c16-12-2-1-10(9-13(12)17)20-6-3-11(15(20)22)14(21)19-7-4-18-5-8-19/h1-2,9,11,18H,3-8H2. The van der Waals surface area contributed by atoms with Crippen LogP contribution in [-0.2, 0) is 9.59 Å². The Labute approximate surface area is 139 Å². The smallest absolute Gasteiger partial charge is 0.239 e. The van der Waals surface area contributed by atoms with E-state index in [1.165, 1.54) is 0 Å². The molecule has 1 atom stereocenters. The van der Waals surface area contributed by atoms with Crippen molar-refractivity contribution in [2.24, 2.45) is 5.92 Å². The normalized spacial score (nSPS) is 22.3. The average Bonchev–Trinajstić information content (AvgIpc) is 2.92. The highest BCUT2D eigenvalue weighted by atomic mass is 35.5. The van der Waals surface area contributed by atoms with E-state index in [0.717, 1.165) is 13.1 Å². The Kier molecular flexibility index (Phi) is 4.57. The van der Waals surface area contributed by atoms with Crippen LogP contribution in [0, 0.1) is 5.92 Å². The number of carbonyl (C=O) groups excluding carboxylic acids is 2. The number of halogens is 2. The van der Waals surface area contributed by atoms with Crippen molar-refractivity contribution < 1.29 is 9.59 Å². The Morgan fingerprint density at radius 1 is 1.14 bits per heavy atom. The summed E-state index contributed by atoms with van der Waals surface area (Å²) in [4.78, 5) is 28.5. The highest BCUT2D eigenvalue weighted by Gasteiger charge is 2.39. The van der Waals surface area contributed by atoms with Gasteiger partial charge in [0.05, 0.1) is 10.0 Å². The number of hydrogen-bond donors (Lipinski definition) is 1. The number of carbonyl (C=O) groups is 2. The van der Waals surface area contributed by atoms with Gasteiger partial charge in [0, 0.05) is 38.4 Å². The Bertz CT molecular complexity index is 602. The number of piperazine rings is 1. The minimum atomic E-state index is -0.576. The maximum atomic E-state index is 12.6. The van der Waals surface area contributed by atoms with Crippen LogP contribution in [0.1, 0.15) is 6.42 Å². The van der Waals surface area contributed by atoms with Crippen LogP contribution in [0.15, 0.2) is 18.2 Å². The summed E-state index contributed by atoms with van der Waals surface area (Å²) in [7, 11) is 0. The first-order valence-electron chi connectivity index (χ1n) is 7.34. The van der Waals surface area contributed by atoms with E-state index < -0.39 is 5.92 Å². The maximum Gasteiger partial charge on any atom is 0.239 e. The largest absolute Gasteiger partial charge is 0.339 e. The van der Waals surface area contributed by atoms with Gasteiger partial charge in [-0.25, -0.2) is 0 Å².